The van der Waals surface area contributed by atoms with Crippen LogP contribution in [0.25, 0.3) is 0 Å². The highest BCUT2D eigenvalue weighted by molar-refractivity contribution is 5.79. The molecule has 8 aliphatic rings. The Balaban J connectivity index is 1.10. The zero-order valence-electron chi connectivity index (χ0n) is 44.3. The van der Waals surface area contributed by atoms with Crippen LogP contribution in [0.4, 0.5) is 0 Å². The monoisotopic (exact) mass is 1040 g/mol. The van der Waals surface area contributed by atoms with Crippen molar-refractivity contribution in [1.29, 1.82) is 0 Å². The van der Waals surface area contributed by atoms with Gasteiger partial charge in [0.05, 0.1) is 42.3 Å². The van der Waals surface area contributed by atoms with Gasteiger partial charge in [0.2, 0.25) is 12.2 Å². The van der Waals surface area contributed by atoms with Crippen LogP contribution in [-0.4, -0.2) is 171 Å². The predicted octanol–water partition coefficient (Wildman–Crippen LogP) is 1.88. The van der Waals surface area contributed by atoms with E-state index < -0.39 is 121 Å². The van der Waals surface area contributed by atoms with Gasteiger partial charge in [0.1, 0.15) is 55.1 Å². The van der Waals surface area contributed by atoms with Crippen molar-refractivity contribution in [3.05, 3.63) is 11.6 Å². The minimum atomic E-state index is -1.89. The number of nitrogens with two attached hydrogens (primary N) is 1. The first-order valence-corrected chi connectivity index (χ1v) is 27.3. The van der Waals surface area contributed by atoms with E-state index in [2.05, 4.69) is 52.9 Å². The van der Waals surface area contributed by atoms with Gasteiger partial charge < -0.3 is 85.1 Å². The molecule has 3 saturated heterocycles. The van der Waals surface area contributed by atoms with Crippen LogP contribution >= 0.6 is 0 Å². The van der Waals surface area contributed by atoms with E-state index >= 15 is 4.79 Å². The fourth-order valence-corrected chi connectivity index (χ4v) is 16.2. The Morgan fingerprint density at radius 2 is 1.49 bits per heavy atom. The van der Waals surface area contributed by atoms with Crippen molar-refractivity contribution in [2.75, 3.05) is 19.8 Å². The van der Waals surface area contributed by atoms with Gasteiger partial charge in [0, 0.05) is 6.42 Å². The molecule has 7 fully saturated rings. The minimum absolute atomic E-state index is 0.0250. The molecule has 13 unspecified atom stereocenters. The maximum atomic E-state index is 15.7. The number of ether oxygens (including phenoxy) is 6. The lowest BCUT2D eigenvalue weighted by molar-refractivity contribution is -0.370. The summed E-state index contributed by atoms with van der Waals surface area (Å²) in [6.45, 7) is 16.5. The van der Waals surface area contributed by atoms with Crippen LogP contribution in [-0.2, 0) is 42.8 Å². The molecule has 1 amide bonds. The standard InChI is InChI=1S/C54H88N2O17/c1-27-22-53(8)29(13-14-34-50(5)17-16-35(60)51(6,26-58)33(50)15-18-52(34,53)7)30-23-49(3,4)19-20-54(27,30)48(67)73-47-44(39(63)37(32(24-57)70-47)56-36(61)12-10-9-11-21-55)72-46-42(66)40(64)43(28(2)69-46)71-45-41(65)38(62)31(59)25-68-45/h13,26-28,30-35,37-47,57,59-60,62-66H,9-12,14-25,55H2,1-8H3,(H,56,61)/t27-,28+,30?,31?,32-,33+,34?,35-,37?,38?,39?,40?,41?,42?,43?,44?,45-,46-,47-,50?,51+,52-,53+,54?/m0/s1. The van der Waals surface area contributed by atoms with Gasteiger partial charge in [-0.1, -0.05) is 66.5 Å². The van der Waals surface area contributed by atoms with Gasteiger partial charge in [0.15, 0.2) is 18.7 Å². The van der Waals surface area contributed by atoms with Crippen LogP contribution in [0.15, 0.2) is 11.6 Å². The summed E-state index contributed by atoms with van der Waals surface area (Å²) in [5, 5.41) is 91.0. The first-order valence-electron chi connectivity index (χ1n) is 27.3. The number of carbonyl (C=O) groups excluding carboxylic acids is 3. The minimum Gasteiger partial charge on any atom is -0.432 e. The summed E-state index contributed by atoms with van der Waals surface area (Å²) < 4.78 is 36.6. The van der Waals surface area contributed by atoms with Crippen molar-refractivity contribution in [3.63, 3.8) is 0 Å². The molecule has 0 bridgehead atoms. The van der Waals surface area contributed by atoms with E-state index in [1.807, 2.05) is 6.92 Å². The van der Waals surface area contributed by atoms with Crippen molar-refractivity contribution < 1.29 is 83.7 Å². The highest BCUT2D eigenvalue weighted by atomic mass is 16.8. The number of fused-ring (bicyclic) bond motifs is 7. The molecule has 19 nitrogen and oxygen atoms in total. The average Bonchev–Trinajstić information content (AvgIpc) is 3.33. The molecular weight excluding hydrogens is 949 g/mol. The molecule has 4 saturated carbocycles. The molecule has 11 N–H and O–H groups in total. The molecule has 19 heteroatoms. The SMILES string of the molecule is C[C@H]1O[C@@H](OC2C(O)C(NC(=O)CCCCCN)[C@H](CO)O[C@H]2OC(=O)C23CCC(C)(C)CC2C2=CCC4C5(C)CC[C@H](O)[C@](C)(C=O)[C@@H]5CC[C@]4(C)[C@]2(C)C[C@@H]3C)C(O)C(O)C1O[C@@H]1OCC(O)C(O)C1O. The summed E-state index contributed by atoms with van der Waals surface area (Å²) >= 11 is 0. The summed E-state index contributed by atoms with van der Waals surface area (Å²) in [5.41, 5.74) is 4.11. The fraction of sp³-hybridized carbons (Fsp3) is 0.907. The zero-order valence-corrected chi connectivity index (χ0v) is 44.3. The van der Waals surface area contributed by atoms with E-state index in [-0.39, 0.29) is 58.4 Å². The highest BCUT2D eigenvalue weighted by Crippen LogP contribution is 2.76. The third-order valence-corrected chi connectivity index (χ3v) is 20.7. The maximum Gasteiger partial charge on any atom is 0.315 e. The van der Waals surface area contributed by atoms with Crippen LogP contribution < -0.4 is 11.1 Å². The Labute approximate surface area is 430 Å². The van der Waals surface area contributed by atoms with Gasteiger partial charge >= 0.3 is 5.97 Å². The van der Waals surface area contributed by atoms with Crippen molar-refractivity contribution in [1.82, 2.24) is 5.32 Å². The molecule has 5 aliphatic carbocycles. The summed E-state index contributed by atoms with van der Waals surface area (Å²) in [4.78, 5) is 41.9. The highest BCUT2D eigenvalue weighted by Gasteiger charge is 2.72. The second kappa shape index (κ2) is 21.2. The van der Waals surface area contributed by atoms with Crippen LogP contribution in [0.1, 0.15) is 139 Å². The number of aldehydes is 1. The molecule has 73 heavy (non-hydrogen) atoms. The molecule has 24 atom stereocenters. The van der Waals surface area contributed by atoms with Crippen LogP contribution in [0.5, 0.6) is 0 Å². The second-order valence-electron chi connectivity index (χ2n) is 25.4. The topological polar surface area (TPSA) is 306 Å². The number of carbonyl (C=O) groups is 3. The largest absolute Gasteiger partial charge is 0.432 e. The number of allylic oxidation sites excluding steroid dienone is 2. The number of unbranched alkanes of at least 4 members (excludes halogenated alkanes) is 2. The fourth-order valence-electron chi connectivity index (χ4n) is 16.2. The summed E-state index contributed by atoms with van der Waals surface area (Å²) in [6, 6.07) is -1.29. The smallest absolute Gasteiger partial charge is 0.315 e. The first-order chi connectivity index (χ1) is 34.3. The molecule has 0 radical (unpaired) electrons. The number of aliphatic hydroxyl groups is 8. The van der Waals surface area contributed by atoms with Gasteiger partial charge in [-0.2, -0.15) is 0 Å². The molecule has 0 spiro atoms. The Kier molecular flexibility index (Phi) is 16.6. The van der Waals surface area contributed by atoms with E-state index in [9.17, 15) is 50.4 Å². The molecule has 0 aromatic heterocycles. The van der Waals surface area contributed by atoms with E-state index in [0.717, 1.165) is 38.4 Å². The first kappa shape index (κ1) is 57.0. The van der Waals surface area contributed by atoms with Gasteiger partial charge in [-0.3, -0.25) is 9.59 Å². The number of hydrogen-bond acceptors (Lipinski definition) is 18. The third-order valence-electron chi connectivity index (χ3n) is 20.7. The van der Waals surface area contributed by atoms with E-state index in [1.54, 1.807) is 0 Å². The van der Waals surface area contributed by atoms with Gasteiger partial charge in [-0.05, 0) is 129 Å². The Hall–Kier alpha value is -2.21. The lowest BCUT2D eigenvalue weighted by Gasteiger charge is -2.71. The van der Waals surface area contributed by atoms with Gasteiger partial charge in [-0.25, -0.2) is 0 Å². The summed E-state index contributed by atoms with van der Waals surface area (Å²) in [6.07, 6.45) is -9.33. The molecule has 416 valence electrons. The lowest BCUT2D eigenvalue weighted by atomic mass is 9.32. The normalized spacial score (nSPS) is 50.5. The number of nitrogens with one attached hydrogen (secondary N) is 1. The number of esters is 1. The molecule has 3 aliphatic heterocycles. The van der Waals surface area contributed by atoms with Gasteiger partial charge in [0.25, 0.3) is 0 Å². The summed E-state index contributed by atoms with van der Waals surface area (Å²) in [5.74, 6) is -1.24. The number of amides is 1. The quantitative estimate of drug-likeness (QED) is 0.0514. The molecule has 3 heterocycles. The number of aliphatic hydroxyl groups excluding tert-OH is 8. The Morgan fingerprint density at radius 3 is 2.18 bits per heavy atom. The number of hydrogen-bond donors (Lipinski definition) is 10. The zero-order chi connectivity index (χ0) is 53.4. The van der Waals surface area contributed by atoms with Crippen molar-refractivity contribution in [2.24, 2.45) is 61.9 Å². The lowest BCUT2D eigenvalue weighted by Crippen LogP contribution is -2.69. The van der Waals surface area contributed by atoms with E-state index in [0.29, 0.717) is 51.5 Å². The van der Waals surface area contributed by atoms with Crippen LogP contribution in [0, 0.1) is 56.2 Å². The van der Waals surface area contributed by atoms with E-state index in [1.165, 1.54) is 12.5 Å². The summed E-state index contributed by atoms with van der Waals surface area (Å²) in [7, 11) is 0. The Bertz CT molecular complexity index is 2030. The van der Waals surface area contributed by atoms with Crippen LogP contribution in [0.2, 0.25) is 0 Å². The van der Waals surface area contributed by atoms with Crippen molar-refractivity contribution in [3.8, 4) is 0 Å². The second-order valence-corrected chi connectivity index (χ2v) is 25.4. The van der Waals surface area contributed by atoms with E-state index in [4.69, 9.17) is 34.2 Å². The molecule has 8 rings (SSSR count). The Morgan fingerprint density at radius 1 is 0.795 bits per heavy atom. The van der Waals surface area contributed by atoms with Crippen molar-refractivity contribution >= 4 is 18.2 Å². The third kappa shape index (κ3) is 9.60. The number of rotatable bonds is 14. The maximum absolute atomic E-state index is 15.7. The molecule has 0 aromatic carbocycles. The van der Waals surface area contributed by atoms with Crippen molar-refractivity contribution in [2.45, 2.75) is 231 Å². The van der Waals surface area contributed by atoms with Gasteiger partial charge in [-0.15, -0.1) is 0 Å². The molecule has 0 aromatic rings. The molecular formula is C54H88N2O17. The average molecular weight is 1040 g/mol. The predicted molar refractivity (Wildman–Crippen MR) is 261 cm³/mol. The van der Waals surface area contributed by atoms with Crippen LogP contribution in [0.3, 0.4) is 0 Å².